The summed E-state index contributed by atoms with van der Waals surface area (Å²) in [6.07, 6.45) is 0. The molecule has 0 heterocycles. The Kier molecular flexibility index (Phi) is 8.99. The van der Waals surface area contributed by atoms with Gasteiger partial charge in [-0.1, -0.05) is 89.0 Å². The SMILES string of the molecule is COc1ccc(C)cc1.Cc1ccc(C)cc1.Cc1ccccc1. The van der Waals surface area contributed by atoms with Crippen molar-refractivity contribution in [3.63, 3.8) is 0 Å². The molecule has 0 bridgehead atoms. The molecule has 0 aliphatic rings. The Bertz CT molecular complexity index is 646. The van der Waals surface area contributed by atoms with Gasteiger partial charge in [0.2, 0.25) is 0 Å². The van der Waals surface area contributed by atoms with E-state index in [1.807, 2.05) is 42.5 Å². The lowest BCUT2D eigenvalue weighted by molar-refractivity contribution is 0.414. The van der Waals surface area contributed by atoms with Crippen molar-refractivity contribution in [2.45, 2.75) is 27.7 Å². The lowest BCUT2D eigenvalue weighted by atomic mass is 10.2. The highest BCUT2D eigenvalue weighted by Gasteiger charge is 1.85. The van der Waals surface area contributed by atoms with Gasteiger partial charge in [-0.15, -0.1) is 0 Å². The third-order valence-electron chi connectivity index (χ3n) is 3.42. The first kappa shape index (κ1) is 19.5. The smallest absolute Gasteiger partial charge is 0.118 e. The van der Waals surface area contributed by atoms with Gasteiger partial charge in [-0.3, -0.25) is 0 Å². The van der Waals surface area contributed by atoms with Crippen LogP contribution in [0.5, 0.6) is 5.75 Å². The van der Waals surface area contributed by atoms with Gasteiger partial charge in [-0.25, -0.2) is 0 Å². The van der Waals surface area contributed by atoms with Crippen LogP contribution in [-0.4, -0.2) is 7.11 Å². The highest BCUT2D eigenvalue weighted by Crippen LogP contribution is 2.09. The molecule has 1 heteroatoms. The number of hydrogen-bond acceptors (Lipinski definition) is 1. The Labute approximate surface area is 146 Å². The first-order valence-corrected chi connectivity index (χ1v) is 8.17. The summed E-state index contributed by atoms with van der Waals surface area (Å²) in [7, 11) is 1.67. The summed E-state index contributed by atoms with van der Waals surface area (Å²) >= 11 is 0. The molecule has 0 aromatic heterocycles. The van der Waals surface area contributed by atoms with Gasteiger partial charge in [0.05, 0.1) is 7.11 Å². The molecule has 0 radical (unpaired) electrons. The standard InChI is InChI=1S/C8H10O.C8H10.C7H8/c1-7-3-5-8(9-2)6-4-7;1-7-3-5-8(2)6-4-7;1-7-5-3-2-4-6-7/h3-6H,1-2H3;3-6H,1-2H3;2-6H,1H3. The van der Waals surface area contributed by atoms with E-state index >= 15 is 0 Å². The topological polar surface area (TPSA) is 9.23 Å². The van der Waals surface area contributed by atoms with E-state index in [4.69, 9.17) is 4.74 Å². The van der Waals surface area contributed by atoms with Gasteiger partial charge in [0, 0.05) is 0 Å². The average Bonchev–Trinajstić information content (AvgIpc) is 2.60. The van der Waals surface area contributed by atoms with Crippen LogP contribution in [0.25, 0.3) is 0 Å². The molecule has 0 aliphatic carbocycles. The molecule has 126 valence electrons. The van der Waals surface area contributed by atoms with Crippen LogP contribution < -0.4 is 4.74 Å². The molecule has 0 atom stereocenters. The molecule has 0 spiro atoms. The molecular weight excluding hydrogens is 292 g/mol. The monoisotopic (exact) mass is 320 g/mol. The van der Waals surface area contributed by atoms with Gasteiger partial charge in [0.15, 0.2) is 0 Å². The summed E-state index contributed by atoms with van der Waals surface area (Å²) in [6.45, 7) is 8.33. The summed E-state index contributed by atoms with van der Waals surface area (Å²) in [6, 6.07) is 26.7. The Morgan fingerprint density at radius 2 is 0.792 bits per heavy atom. The second-order valence-corrected chi connectivity index (χ2v) is 5.83. The fourth-order valence-electron chi connectivity index (χ4n) is 1.85. The number of rotatable bonds is 1. The van der Waals surface area contributed by atoms with E-state index in [-0.39, 0.29) is 0 Å². The van der Waals surface area contributed by atoms with E-state index in [2.05, 4.69) is 64.1 Å². The molecule has 0 amide bonds. The van der Waals surface area contributed by atoms with Crippen LogP contribution in [0.1, 0.15) is 22.3 Å². The number of aryl methyl sites for hydroxylation is 4. The van der Waals surface area contributed by atoms with Gasteiger partial charge >= 0.3 is 0 Å². The van der Waals surface area contributed by atoms with Crippen LogP contribution in [0.15, 0.2) is 78.9 Å². The van der Waals surface area contributed by atoms with E-state index in [1.165, 1.54) is 22.3 Å². The second kappa shape index (κ2) is 11.1. The van der Waals surface area contributed by atoms with Gasteiger partial charge in [0.25, 0.3) is 0 Å². The minimum Gasteiger partial charge on any atom is -0.497 e. The minimum atomic E-state index is 0.917. The first-order valence-electron chi connectivity index (χ1n) is 8.17. The molecule has 0 unspecified atom stereocenters. The maximum absolute atomic E-state index is 4.97. The Balaban J connectivity index is 0.000000181. The second-order valence-electron chi connectivity index (χ2n) is 5.83. The maximum atomic E-state index is 4.97. The lowest BCUT2D eigenvalue weighted by Gasteiger charge is -1.97. The quantitative estimate of drug-likeness (QED) is 0.511. The van der Waals surface area contributed by atoms with Gasteiger partial charge in [-0.05, 0) is 39.8 Å². The fourth-order valence-corrected chi connectivity index (χ4v) is 1.85. The minimum absolute atomic E-state index is 0.917. The maximum Gasteiger partial charge on any atom is 0.118 e. The van der Waals surface area contributed by atoms with E-state index in [0.717, 1.165) is 5.75 Å². The number of ether oxygens (including phenoxy) is 1. The van der Waals surface area contributed by atoms with Crippen LogP contribution >= 0.6 is 0 Å². The Hall–Kier alpha value is -2.54. The summed E-state index contributed by atoms with van der Waals surface area (Å²) in [4.78, 5) is 0. The molecule has 3 aromatic carbocycles. The normalized spacial score (nSPS) is 9.04. The third-order valence-corrected chi connectivity index (χ3v) is 3.42. The zero-order valence-electron chi connectivity index (χ0n) is 15.4. The third kappa shape index (κ3) is 8.79. The van der Waals surface area contributed by atoms with Crippen molar-refractivity contribution in [2.24, 2.45) is 0 Å². The zero-order chi connectivity index (χ0) is 17.8. The van der Waals surface area contributed by atoms with E-state index in [9.17, 15) is 0 Å². The van der Waals surface area contributed by atoms with Crippen molar-refractivity contribution in [1.29, 1.82) is 0 Å². The van der Waals surface area contributed by atoms with E-state index in [1.54, 1.807) is 7.11 Å². The summed E-state index contributed by atoms with van der Waals surface area (Å²) in [5.41, 5.74) is 5.24. The number of benzene rings is 3. The zero-order valence-corrected chi connectivity index (χ0v) is 15.4. The molecule has 3 aromatic rings. The van der Waals surface area contributed by atoms with Crippen molar-refractivity contribution in [3.05, 3.63) is 101 Å². The molecule has 0 saturated carbocycles. The molecule has 0 fully saturated rings. The van der Waals surface area contributed by atoms with Crippen molar-refractivity contribution in [2.75, 3.05) is 7.11 Å². The first-order chi connectivity index (χ1) is 11.5. The van der Waals surface area contributed by atoms with Crippen molar-refractivity contribution >= 4 is 0 Å². The van der Waals surface area contributed by atoms with Crippen molar-refractivity contribution in [3.8, 4) is 5.75 Å². The Morgan fingerprint density at radius 3 is 1.08 bits per heavy atom. The molecule has 0 saturated heterocycles. The highest BCUT2D eigenvalue weighted by molar-refractivity contribution is 5.26. The van der Waals surface area contributed by atoms with Gasteiger partial charge < -0.3 is 4.74 Å². The predicted octanol–water partition coefficient (Wildman–Crippen LogP) is 6.30. The van der Waals surface area contributed by atoms with Crippen LogP contribution in [0.3, 0.4) is 0 Å². The molecule has 0 N–H and O–H groups in total. The summed E-state index contributed by atoms with van der Waals surface area (Å²) in [5, 5.41) is 0. The average molecular weight is 320 g/mol. The molecule has 1 nitrogen and oxygen atoms in total. The Morgan fingerprint density at radius 1 is 0.458 bits per heavy atom. The number of methoxy groups -OCH3 is 1. The molecule has 0 aliphatic heterocycles. The van der Waals surface area contributed by atoms with Crippen LogP contribution in [0.2, 0.25) is 0 Å². The van der Waals surface area contributed by atoms with E-state index in [0.29, 0.717) is 0 Å². The fraction of sp³-hybridized carbons (Fsp3) is 0.217. The van der Waals surface area contributed by atoms with Crippen molar-refractivity contribution < 1.29 is 4.74 Å². The summed E-state index contributed by atoms with van der Waals surface area (Å²) in [5.74, 6) is 0.917. The van der Waals surface area contributed by atoms with Crippen LogP contribution in [-0.2, 0) is 0 Å². The van der Waals surface area contributed by atoms with E-state index < -0.39 is 0 Å². The predicted molar refractivity (Wildman–Crippen MR) is 105 cm³/mol. The van der Waals surface area contributed by atoms with Crippen LogP contribution in [0.4, 0.5) is 0 Å². The van der Waals surface area contributed by atoms with Gasteiger partial charge in [0.1, 0.15) is 5.75 Å². The van der Waals surface area contributed by atoms with Crippen LogP contribution in [0, 0.1) is 27.7 Å². The van der Waals surface area contributed by atoms with Gasteiger partial charge in [-0.2, -0.15) is 0 Å². The summed E-state index contributed by atoms with van der Waals surface area (Å²) < 4.78 is 4.97. The molecular formula is C23H28O. The molecule has 3 rings (SSSR count). The molecule has 24 heavy (non-hydrogen) atoms. The highest BCUT2D eigenvalue weighted by atomic mass is 16.5. The number of hydrogen-bond donors (Lipinski definition) is 0. The van der Waals surface area contributed by atoms with Crippen molar-refractivity contribution in [1.82, 2.24) is 0 Å². The lowest BCUT2D eigenvalue weighted by Crippen LogP contribution is -1.80. The largest absolute Gasteiger partial charge is 0.497 e.